The second-order valence-corrected chi connectivity index (χ2v) is 8.45. The van der Waals surface area contributed by atoms with Crippen LogP contribution in [0.2, 0.25) is 0 Å². The van der Waals surface area contributed by atoms with Gasteiger partial charge in [0.15, 0.2) is 0 Å². The van der Waals surface area contributed by atoms with Crippen molar-refractivity contribution in [2.45, 2.75) is 19.9 Å². The monoisotopic (exact) mass is 428 g/mol. The Morgan fingerprint density at radius 1 is 1.03 bits per heavy atom. The number of ether oxygens (including phenoxy) is 1. The van der Waals surface area contributed by atoms with E-state index >= 15 is 0 Å². The fourth-order valence-electron chi connectivity index (χ4n) is 4.22. The van der Waals surface area contributed by atoms with E-state index in [0.717, 1.165) is 54.0 Å². The minimum atomic E-state index is 0.275. The summed E-state index contributed by atoms with van der Waals surface area (Å²) in [6.07, 6.45) is 5.81. The average molecular weight is 429 g/mol. The number of hydrogen-bond donors (Lipinski definition) is 1. The van der Waals surface area contributed by atoms with Gasteiger partial charge in [0, 0.05) is 55.2 Å². The molecule has 0 radical (unpaired) electrons. The number of hydrogen-bond acceptors (Lipinski definition) is 6. The van der Waals surface area contributed by atoms with Crippen LogP contribution in [0.1, 0.15) is 24.1 Å². The summed E-state index contributed by atoms with van der Waals surface area (Å²) in [5.74, 6) is 0.592. The number of aromatic nitrogens is 4. The van der Waals surface area contributed by atoms with E-state index in [9.17, 15) is 0 Å². The summed E-state index contributed by atoms with van der Waals surface area (Å²) in [4.78, 5) is 11.7. The standard InChI is InChI=1S/C25H28N6O/c1-17-4-5-24-21(10-17)14-26-25(29-24)28-23-12-19(18(2)31-6-8-32-9-7-31)11-20(13-23)22-15-27-30(3)16-22/h4-5,10-16,18H,6-9H2,1-3H3,(H,26,28,29). The molecule has 0 bridgehead atoms. The Bertz CT molecular complexity index is 1240. The molecular formula is C25H28N6O. The minimum Gasteiger partial charge on any atom is -0.379 e. The zero-order valence-corrected chi connectivity index (χ0v) is 18.7. The summed E-state index contributed by atoms with van der Waals surface area (Å²) in [6.45, 7) is 7.77. The lowest BCUT2D eigenvalue weighted by atomic mass is 9.99. The first-order valence-corrected chi connectivity index (χ1v) is 11.0. The molecule has 0 spiro atoms. The summed E-state index contributed by atoms with van der Waals surface area (Å²) < 4.78 is 7.37. The molecule has 1 saturated heterocycles. The Kier molecular flexibility index (Phi) is 5.59. The lowest BCUT2D eigenvalue weighted by Crippen LogP contribution is -2.38. The van der Waals surface area contributed by atoms with Crippen molar-refractivity contribution in [3.8, 4) is 11.1 Å². The summed E-state index contributed by atoms with van der Waals surface area (Å²) in [5.41, 5.74) is 6.54. The van der Waals surface area contributed by atoms with Crippen LogP contribution >= 0.6 is 0 Å². The van der Waals surface area contributed by atoms with E-state index in [2.05, 4.69) is 64.5 Å². The molecule has 7 nitrogen and oxygen atoms in total. The third-order valence-electron chi connectivity index (χ3n) is 6.06. The maximum absolute atomic E-state index is 5.55. The van der Waals surface area contributed by atoms with E-state index in [4.69, 9.17) is 9.72 Å². The van der Waals surface area contributed by atoms with Gasteiger partial charge in [-0.3, -0.25) is 9.58 Å². The number of aryl methyl sites for hydroxylation is 2. The molecule has 1 N–H and O–H groups in total. The van der Waals surface area contributed by atoms with E-state index in [0.29, 0.717) is 5.95 Å². The molecule has 4 aromatic rings. The van der Waals surface area contributed by atoms with Gasteiger partial charge in [-0.25, -0.2) is 9.97 Å². The maximum atomic E-state index is 5.55. The number of nitrogens with one attached hydrogen (secondary N) is 1. The Balaban J connectivity index is 1.51. The highest BCUT2D eigenvalue weighted by atomic mass is 16.5. The Labute approximate surface area is 188 Å². The Morgan fingerprint density at radius 2 is 1.88 bits per heavy atom. The Hall–Kier alpha value is -3.29. The van der Waals surface area contributed by atoms with Crippen molar-refractivity contribution >= 4 is 22.5 Å². The molecule has 1 fully saturated rings. The van der Waals surface area contributed by atoms with E-state index < -0.39 is 0 Å². The van der Waals surface area contributed by atoms with E-state index in [1.807, 2.05) is 36.4 Å². The van der Waals surface area contributed by atoms with Crippen LogP contribution in [0.3, 0.4) is 0 Å². The van der Waals surface area contributed by atoms with Crippen molar-refractivity contribution in [2.24, 2.45) is 7.05 Å². The predicted molar refractivity (Wildman–Crippen MR) is 127 cm³/mol. The van der Waals surface area contributed by atoms with Crippen LogP contribution in [-0.2, 0) is 11.8 Å². The first-order valence-electron chi connectivity index (χ1n) is 11.0. The number of fused-ring (bicyclic) bond motifs is 1. The van der Waals surface area contributed by atoms with Gasteiger partial charge >= 0.3 is 0 Å². The first-order chi connectivity index (χ1) is 15.5. The number of benzene rings is 2. The van der Waals surface area contributed by atoms with Crippen LogP contribution in [0, 0.1) is 6.92 Å². The fraction of sp³-hybridized carbons (Fsp3) is 0.320. The lowest BCUT2D eigenvalue weighted by molar-refractivity contribution is 0.0199. The number of rotatable bonds is 5. The van der Waals surface area contributed by atoms with Gasteiger partial charge in [-0.15, -0.1) is 0 Å². The molecule has 3 heterocycles. The molecule has 1 aliphatic rings. The highest BCUT2D eigenvalue weighted by Gasteiger charge is 2.20. The largest absolute Gasteiger partial charge is 0.379 e. The summed E-state index contributed by atoms with van der Waals surface area (Å²) in [6, 6.07) is 13.1. The molecular weight excluding hydrogens is 400 g/mol. The highest BCUT2D eigenvalue weighted by Crippen LogP contribution is 2.31. The third-order valence-corrected chi connectivity index (χ3v) is 6.06. The summed E-state index contributed by atoms with van der Waals surface area (Å²) in [5, 5.41) is 8.83. The summed E-state index contributed by atoms with van der Waals surface area (Å²) in [7, 11) is 1.94. The maximum Gasteiger partial charge on any atom is 0.227 e. The third kappa shape index (κ3) is 4.35. The second kappa shape index (κ2) is 8.68. The molecule has 0 saturated carbocycles. The van der Waals surface area contributed by atoms with Crippen LogP contribution in [0.25, 0.3) is 22.0 Å². The molecule has 32 heavy (non-hydrogen) atoms. The van der Waals surface area contributed by atoms with Gasteiger partial charge in [-0.05, 0) is 55.3 Å². The van der Waals surface area contributed by atoms with E-state index in [1.54, 1.807) is 0 Å². The predicted octanol–water partition coefficient (Wildman–Crippen LogP) is 4.48. The molecule has 1 unspecified atom stereocenters. The molecule has 1 aliphatic heterocycles. The molecule has 7 heteroatoms. The zero-order chi connectivity index (χ0) is 22.1. The van der Waals surface area contributed by atoms with Crippen LogP contribution in [0.4, 0.5) is 11.6 Å². The SMILES string of the molecule is Cc1ccc2nc(Nc3cc(-c4cnn(C)c4)cc(C(C)N4CCOCC4)c3)ncc2c1. The van der Waals surface area contributed by atoms with E-state index in [1.165, 1.54) is 11.1 Å². The highest BCUT2D eigenvalue weighted by molar-refractivity contribution is 5.80. The molecule has 164 valence electrons. The zero-order valence-electron chi connectivity index (χ0n) is 18.7. The van der Waals surface area contributed by atoms with Gasteiger partial charge in [0.25, 0.3) is 0 Å². The molecule has 2 aromatic heterocycles. The van der Waals surface area contributed by atoms with Crippen LogP contribution in [0.5, 0.6) is 0 Å². The molecule has 1 atom stereocenters. The molecule has 2 aromatic carbocycles. The molecule has 5 rings (SSSR count). The summed E-state index contributed by atoms with van der Waals surface area (Å²) >= 11 is 0. The van der Waals surface area contributed by atoms with Crippen molar-refractivity contribution < 1.29 is 4.74 Å². The quantitative estimate of drug-likeness (QED) is 0.506. The van der Waals surface area contributed by atoms with Gasteiger partial charge in [0.2, 0.25) is 5.95 Å². The smallest absolute Gasteiger partial charge is 0.227 e. The second-order valence-electron chi connectivity index (χ2n) is 8.45. The van der Waals surface area contributed by atoms with Crippen LogP contribution in [-0.4, -0.2) is 51.0 Å². The normalized spacial score (nSPS) is 15.7. The van der Waals surface area contributed by atoms with Gasteiger partial charge in [-0.1, -0.05) is 11.6 Å². The lowest BCUT2D eigenvalue weighted by Gasteiger charge is -2.33. The molecule has 0 aliphatic carbocycles. The number of nitrogens with zero attached hydrogens (tertiary/aromatic N) is 5. The van der Waals surface area contributed by atoms with Crippen molar-refractivity contribution in [3.05, 3.63) is 66.1 Å². The molecule has 0 amide bonds. The van der Waals surface area contributed by atoms with Crippen LogP contribution < -0.4 is 5.32 Å². The van der Waals surface area contributed by atoms with Gasteiger partial charge in [0.05, 0.1) is 24.9 Å². The van der Waals surface area contributed by atoms with Crippen molar-refractivity contribution in [1.29, 1.82) is 0 Å². The van der Waals surface area contributed by atoms with Crippen molar-refractivity contribution in [1.82, 2.24) is 24.6 Å². The van der Waals surface area contributed by atoms with E-state index in [-0.39, 0.29) is 6.04 Å². The fourth-order valence-corrected chi connectivity index (χ4v) is 4.22. The topological polar surface area (TPSA) is 68.1 Å². The average Bonchev–Trinajstić information content (AvgIpc) is 3.25. The van der Waals surface area contributed by atoms with Crippen molar-refractivity contribution in [3.63, 3.8) is 0 Å². The van der Waals surface area contributed by atoms with Gasteiger partial charge in [0.1, 0.15) is 0 Å². The minimum absolute atomic E-state index is 0.275. The van der Waals surface area contributed by atoms with Crippen LogP contribution in [0.15, 0.2) is 55.0 Å². The first kappa shape index (κ1) is 20.6. The number of anilines is 2. The van der Waals surface area contributed by atoms with Gasteiger partial charge < -0.3 is 10.1 Å². The Morgan fingerprint density at radius 3 is 2.66 bits per heavy atom. The van der Waals surface area contributed by atoms with Crippen molar-refractivity contribution in [2.75, 3.05) is 31.6 Å². The number of morpholine rings is 1. The van der Waals surface area contributed by atoms with Gasteiger partial charge in [-0.2, -0.15) is 5.10 Å².